The zero-order chi connectivity index (χ0) is 32.8. The van der Waals surface area contributed by atoms with Crippen LogP contribution in [-0.2, 0) is 25.7 Å². The molecule has 6 heteroatoms. The van der Waals surface area contributed by atoms with E-state index in [1.165, 1.54) is 0 Å². The van der Waals surface area contributed by atoms with Crippen LogP contribution in [0.3, 0.4) is 0 Å². The van der Waals surface area contributed by atoms with Gasteiger partial charge in [0.2, 0.25) is 0 Å². The van der Waals surface area contributed by atoms with E-state index in [9.17, 15) is 19.8 Å². The van der Waals surface area contributed by atoms with E-state index < -0.39 is 11.9 Å². The number of hydrogen-bond acceptors (Lipinski definition) is 4. The smallest absolute Gasteiger partial charge is 0.545 e. The number of carboxylic acid groups (broad SMARTS) is 2. The summed E-state index contributed by atoms with van der Waals surface area (Å²) >= 11 is 0. The van der Waals surface area contributed by atoms with Gasteiger partial charge in [-0.05, 0) is 115 Å². The van der Waals surface area contributed by atoms with Crippen molar-refractivity contribution in [2.24, 2.45) is 0 Å². The molecule has 0 bridgehead atoms. The van der Waals surface area contributed by atoms with E-state index in [2.05, 4.69) is 64.1 Å². The Morgan fingerprint density at radius 3 is 1.06 bits per heavy atom. The first-order chi connectivity index (χ1) is 22.3. The Bertz CT molecular complexity index is 1920. The van der Waals surface area contributed by atoms with Crippen LogP contribution in [0, 0.1) is 0 Å². The van der Waals surface area contributed by atoms with Gasteiger partial charge in [0.1, 0.15) is 0 Å². The number of benzene rings is 6. The quantitative estimate of drug-likeness (QED) is 0.168. The monoisotopic (exact) mass is 656 g/mol. The van der Waals surface area contributed by atoms with E-state index >= 15 is 0 Å². The van der Waals surface area contributed by atoms with Gasteiger partial charge in [0, 0.05) is 11.1 Å². The summed E-state index contributed by atoms with van der Waals surface area (Å²) in [5, 5.41) is 31.8. The van der Waals surface area contributed by atoms with Crippen molar-refractivity contribution in [1.82, 2.24) is 0 Å². The molecule has 0 saturated carbocycles. The molecular weight excluding hydrogens is 614 g/mol. The van der Waals surface area contributed by atoms with E-state index in [1.807, 2.05) is 48.5 Å². The van der Waals surface area contributed by atoms with Gasteiger partial charge in [-0.2, -0.15) is 0 Å². The molecule has 0 aliphatic rings. The molecule has 48 heavy (non-hydrogen) atoms. The first-order valence-electron chi connectivity index (χ1n) is 16.7. The fourth-order valence-electron chi connectivity index (χ4n) is 6.91. The van der Waals surface area contributed by atoms with Crippen LogP contribution >= 0.6 is 0 Å². The van der Waals surface area contributed by atoms with Crippen LogP contribution in [0.1, 0.15) is 96.3 Å². The summed E-state index contributed by atoms with van der Waals surface area (Å²) in [7, 11) is 0. The molecule has 0 aromatic heterocycles. The van der Waals surface area contributed by atoms with Crippen molar-refractivity contribution in [3.8, 4) is 0 Å². The number of aryl methyl sites for hydroxylation is 2. The Labute approximate surface area is 328 Å². The van der Waals surface area contributed by atoms with Gasteiger partial charge in [-0.15, -0.1) is 0 Å². The minimum atomic E-state index is -1.06. The number of carbonyl (C=O) groups excluding carboxylic acids is 2. The fourth-order valence-corrected chi connectivity index (χ4v) is 6.91. The zero-order valence-electron chi connectivity index (χ0n) is 29.4. The number of fused-ring (bicyclic) bond motifs is 4. The molecule has 6 aromatic carbocycles. The largest absolute Gasteiger partial charge is 1.00 e. The van der Waals surface area contributed by atoms with Crippen molar-refractivity contribution in [3.63, 3.8) is 0 Å². The van der Waals surface area contributed by atoms with Crippen LogP contribution in [0.5, 0.6) is 0 Å². The molecule has 0 aliphatic carbocycles. The standard InChI is InChI=1S/2C21H22O2.2Na/c2*1-3-7-16-12-17-11-14-9-5-6-10-15(14)13-19(17)20(21(22)23)18(16)8-4-2;;/h2*5-6,9-13H,3-4,7-8H2,1-2H3,(H,22,23);;/q;;2*+1/p-2. The van der Waals surface area contributed by atoms with Crippen LogP contribution in [0.15, 0.2) is 84.9 Å². The maximum absolute atomic E-state index is 11.9. The third-order valence-electron chi connectivity index (χ3n) is 8.86. The second kappa shape index (κ2) is 18.3. The number of aromatic carboxylic acids is 2. The van der Waals surface area contributed by atoms with Gasteiger partial charge in [-0.25, -0.2) is 0 Å². The number of carbonyl (C=O) groups is 2. The first-order valence-corrected chi connectivity index (χ1v) is 16.7. The first kappa shape index (κ1) is 39.7. The molecular formula is C42H42Na2O4. The molecule has 0 heterocycles. The van der Waals surface area contributed by atoms with Crippen LogP contribution in [0.25, 0.3) is 43.1 Å². The Hall–Kier alpha value is -2.70. The SMILES string of the molecule is CCCc1cc2cc3ccccc3cc2c(C(=O)[O-])c1CCC.CCCc1cc2cc3ccccc3cc2c(C(=O)[O-])c1CCC.[Na+].[Na+]. The number of hydrogen-bond donors (Lipinski definition) is 0. The second-order valence-electron chi connectivity index (χ2n) is 12.2. The number of rotatable bonds is 10. The molecule has 0 radical (unpaired) electrons. The summed E-state index contributed by atoms with van der Waals surface area (Å²) in [6.45, 7) is 8.41. The van der Waals surface area contributed by atoms with Gasteiger partial charge in [0.05, 0.1) is 11.9 Å². The predicted octanol–water partition coefficient (Wildman–Crippen LogP) is 2.53. The van der Waals surface area contributed by atoms with E-state index in [1.54, 1.807) is 0 Å². The van der Waals surface area contributed by atoms with E-state index in [0.717, 1.165) is 117 Å². The third-order valence-corrected chi connectivity index (χ3v) is 8.86. The minimum absolute atomic E-state index is 0. The van der Waals surface area contributed by atoms with Crippen molar-refractivity contribution >= 4 is 55.0 Å². The zero-order valence-corrected chi connectivity index (χ0v) is 33.4. The summed E-state index contributed by atoms with van der Waals surface area (Å²) in [4.78, 5) is 23.8. The molecule has 236 valence electrons. The molecule has 0 aliphatic heterocycles. The molecule has 0 N–H and O–H groups in total. The van der Waals surface area contributed by atoms with Crippen LogP contribution < -0.4 is 69.3 Å². The summed E-state index contributed by atoms with van der Waals surface area (Å²) in [6, 6.07) is 28.6. The molecule has 0 fully saturated rings. The normalized spacial score (nSPS) is 10.8. The predicted molar refractivity (Wildman–Crippen MR) is 188 cm³/mol. The average Bonchev–Trinajstić information content (AvgIpc) is 3.04. The molecule has 6 aromatic rings. The maximum atomic E-state index is 11.9. The molecule has 0 atom stereocenters. The molecule has 6 rings (SSSR count). The van der Waals surface area contributed by atoms with Crippen LogP contribution in [-0.4, -0.2) is 11.9 Å². The minimum Gasteiger partial charge on any atom is -0.545 e. The van der Waals surface area contributed by atoms with Gasteiger partial charge < -0.3 is 19.8 Å². The van der Waals surface area contributed by atoms with Crippen molar-refractivity contribution in [3.05, 3.63) is 118 Å². The van der Waals surface area contributed by atoms with Gasteiger partial charge in [0.15, 0.2) is 0 Å². The van der Waals surface area contributed by atoms with Crippen molar-refractivity contribution in [2.75, 3.05) is 0 Å². The van der Waals surface area contributed by atoms with Crippen molar-refractivity contribution in [1.29, 1.82) is 0 Å². The molecule has 4 nitrogen and oxygen atoms in total. The molecule has 0 saturated heterocycles. The summed E-state index contributed by atoms with van der Waals surface area (Å²) in [6.07, 6.45) is 7.22. The Kier molecular flexibility index (Phi) is 15.2. The molecule has 0 unspecified atom stereocenters. The van der Waals surface area contributed by atoms with E-state index in [0.29, 0.717) is 11.1 Å². The van der Waals surface area contributed by atoms with Gasteiger partial charge in [-0.3, -0.25) is 0 Å². The van der Waals surface area contributed by atoms with Gasteiger partial charge in [-0.1, -0.05) is 114 Å². The van der Waals surface area contributed by atoms with E-state index in [-0.39, 0.29) is 59.1 Å². The Morgan fingerprint density at radius 2 is 0.771 bits per heavy atom. The second-order valence-corrected chi connectivity index (χ2v) is 12.2. The Balaban J connectivity index is 0.000000250. The fraction of sp³-hybridized carbons (Fsp3) is 0.286. The summed E-state index contributed by atoms with van der Waals surface area (Å²) in [5.74, 6) is -2.13. The Morgan fingerprint density at radius 1 is 0.458 bits per heavy atom. The van der Waals surface area contributed by atoms with Gasteiger partial charge in [0.25, 0.3) is 0 Å². The van der Waals surface area contributed by atoms with E-state index in [4.69, 9.17) is 0 Å². The summed E-state index contributed by atoms with van der Waals surface area (Å²) in [5.41, 5.74) is 4.99. The van der Waals surface area contributed by atoms with Crippen molar-refractivity contribution in [2.45, 2.75) is 79.1 Å². The average molecular weight is 657 g/mol. The number of carboxylic acids is 2. The van der Waals surface area contributed by atoms with Gasteiger partial charge >= 0.3 is 59.1 Å². The molecule has 0 amide bonds. The van der Waals surface area contributed by atoms with Crippen molar-refractivity contribution < 1.29 is 78.9 Å². The summed E-state index contributed by atoms with van der Waals surface area (Å²) < 4.78 is 0. The third kappa shape index (κ3) is 8.53. The maximum Gasteiger partial charge on any atom is 1.00 e. The topological polar surface area (TPSA) is 80.3 Å². The van der Waals surface area contributed by atoms with Crippen LogP contribution in [0.4, 0.5) is 0 Å². The molecule has 0 spiro atoms. The van der Waals surface area contributed by atoms with Crippen LogP contribution in [0.2, 0.25) is 0 Å².